The van der Waals surface area contributed by atoms with Crippen LogP contribution in [0.4, 0.5) is 11.5 Å². The summed E-state index contributed by atoms with van der Waals surface area (Å²) in [5, 5.41) is 7.86. The highest BCUT2D eigenvalue weighted by atomic mass is 32.2. The highest BCUT2D eigenvalue weighted by Crippen LogP contribution is 2.43. The lowest BCUT2D eigenvalue weighted by molar-refractivity contribution is 0.131. The number of benzene rings is 2. The molecule has 1 N–H and O–H groups in total. The summed E-state index contributed by atoms with van der Waals surface area (Å²) in [6.45, 7) is 4.57. The van der Waals surface area contributed by atoms with Gasteiger partial charge in [0.25, 0.3) is 10.0 Å². The molecule has 0 radical (unpaired) electrons. The van der Waals surface area contributed by atoms with Gasteiger partial charge in [0.05, 0.1) is 12.3 Å². The number of fused-ring (bicyclic) bond motifs is 2. The molecular weight excluding hydrogens is 436 g/mol. The molecule has 31 heavy (non-hydrogen) atoms. The lowest BCUT2D eigenvalue weighted by Crippen LogP contribution is -2.21. The van der Waals surface area contributed by atoms with Crippen LogP contribution in [0.3, 0.4) is 0 Å². The first kappa shape index (κ1) is 20.0. The number of oxime groups is 1. The molecule has 0 aliphatic carbocycles. The SMILES string of the molecule is CC(C)COc1ccc2c(c1)S(=O)(=O)n1cnc(C3=NOC(c4ccccc4)S3)c1N2. The number of aromatic nitrogens is 2. The van der Waals surface area contributed by atoms with Crippen LogP contribution in [0.1, 0.15) is 30.5 Å². The lowest BCUT2D eigenvalue weighted by atomic mass is 10.2. The maximum atomic E-state index is 13.2. The number of nitrogens with zero attached hydrogens (tertiary/aromatic N) is 3. The van der Waals surface area contributed by atoms with Gasteiger partial charge in [-0.1, -0.05) is 49.3 Å². The van der Waals surface area contributed by atoms with Crippen molar-refractivity contribution in [3.63, 3.8) is 0 Å². The van der Waals surface area contributed by atoms with E-state index in [4.69, 9.17) is 9.57 Å². The van der Waals surface area contributed by atoms with Gasteiger partial charge < -0.3 is 14.9 Å². The van der Waals surface area contributed by atoms with Gasteiger partial charge in [-0.25, -0.2) is 17.4 Å². The van der Waals surface area contributed by atoms with Crippen molar-refractivity contribution in [1.82, 2.24) is 8.96 Å². The summed E-state index contributed by atoms with van der Waals surface area (Å²) >= 11 is 1.38. The molecule has 3 heterocycles. The topological polar surface area (TPSA) is 94.8 Å². The van der Waals surface area contributed by atoms with Crippen LogP contribution in [-0.2, 0) is 14.9 Å². The molecule has 2 aromatic carbocycles. The van der Waals surface area contributed by atoms with E-state index >= 15 is 0 Å². The van der Waals surface area contributed by atoms with E-state index < -0.39 is 10.0 Å². The fourth-order valence-electron chi connectivity index (χ4n) is 3.27. The number of nitrogens with one attached hydrogen (secondary N) is 1. The summed E-state index contributed by atoms with van der Waals surface area (Å²) < 4.78 is 33.3. The van der Waals surface area contributed by atoms with Crippen molar-refractivity contribution in [1.29, 1.82) is 0 Å². The zero-order chi connectivity index (χ0) is 21.6. The van der Waals surface area contributed by atoms with Gasteiger partial charge in [0.15, 0.2) is 10.9 Å². The molecule has 10 heteroatoms. The number of hydrogen-bond donors (Lipinski definition) is 1. The van der Waals surface area contributed by atoms with Crippen molar-refractivity contribution in [3.05, 3.63) is 66.1 Å². The molecule has 0 saturated carbocycles. The van der Waals surface area contributed by atoms with Gasteiger partial charge in [0.1, 0.15) is 22.7 Å². The fourth-order valence-corrected chi connectivity index (χ4v) is 5.62. The Hall–Kier alpha value is -2.98. The highest BCUT2D eigenvalue weighted by molar-refractivity contribution is 8.14. The lowest BCUT2D eigenvalue weighted by Gasteiger charge is -2.22. The van der Waals surface area contributed by atoms with Gasteiger partial charge in [-0.2, -0.15) is 0 Å². The second-order valence-electron chi connectivity index (χ2n) is 7.59. The Labute approximate surface area is 184 Å². The Kier molecular flexibility index (Phi) is 4.90. The van der Waals surface area contributed by atoms with Crippen molar-refractivity contribution in [2.24, 2.45) is 11.1 Å². The minimum atomic E-state index is -3.83. The van der Waals surface area contributed by atoms with E-state index in [0.717, 1.165) is 9.54 Å². The van der Waals surface area contributed by atoms with Gasteiger partial charge in [-0.15, -0.1) is 0 Å². The summed E-state index contributed by atoms with van der Waals surface area (Å²) in [5.74, 6) is 1.18. The van der Waals surface area contributed by atoms with Gasteiger partial charge >= 0.3 is 0 Å². The molecule has 2 aliphatic heterocycles. The van der Waals surface area contributed by atoms with Crippen LogP contribution in [0.25, 0.3) is 0 Å². The average Bonchev–Trinajstić information content (AvgIpc) is 3.41. The van der Waals surface area contributed by atoms with Crippen molar-refractivity contribution in [2.45, 2.75) is 24.2 Å². The van der Waals surface area contributed by atoms with E-state index in [-0.39, 0.29) is 10.3 Å². The Bertz CT molecular complexity index is 1270. The second kappa shape index (κ2) is 7.61. The maximum Gasteiger partial charge on any atom is 0.272 e. The molecule has 0 bridgehead atoms. The van der Waals surface area contributed by atoms with E-state index in [1.807, 2.05) is 44.2 Å². The highest BCUT2D eigenvalue weighted by Gasteiger charge is 2.35. The number of hydrogen-bond acceptors (Lipinski definition) is 8. The molecule has 0 saturated heterocycles. The maximum absolute atomic E-state index is 13.2. The molecule has 2 aliphatic rings. The fraction of sp³-hybridized carbons (Fsp3) is 0.238. The first-order valence-electron chi connectivity index (χ1n) is 9.76. The summed E-state index contributed by atoms with van der Waals surface area (Å²) in [5.41, 5.74) is 1.56. The summed E-state index contributed by atoms with van der Waals surface area (Å²) in [6, 6.07) is 14.7. The van der Waals surface area contributed by atoms with Crippen molar-refractivity contribution >= 4 is 38.3 Å². The van der Waals surface area contributed by atoms with Crippen molar-refractivity contribution < 1.29 is 18.0 Å². The molecule has 3 aromatic rings. The molecule has 5 rings (SSSR count). The minimum absolute atomic E-state index is 0.143. The zero-order valence-electron chi connectivity index (χ0n) is 16.8. The second-order valence-corrected chi connectivity index (χ2v) is 10.4. The predicted octanol–water partition coefficient (Wildman–Crippen LogP) is 4.34. The smallest absolute Gasteiger partial charge is 0.272 e. The summed E-state index contributed by atoms with van der Waals surface area (Å²) in [7, 11) is -3.83. The van der Waals surface area contributed by atoms with Crippen LogP contribution in [0.2, 0.25) is 0 Å². The predicted molar refractivity (Wildman–Crippen MR) is 119 cm³/mol. The van der Waals surface area contributed by atoms with Crippen LogP contribution in [0.15, 0.2) is 64.9 Å². The molecule has 0 fully saturated rings. The van der Waals surface area contributed by atoms with Crippen LogP contribution in [0, 0.1) is 5.92 Å². The average molecular weight is 457 g/mol. The van der Waals surface area contributed by atoms with E-state index in [1.54, 1.807) is 18.2 Å². The number of imidazole rings is 1. The van der Waals surface area contributed by atoms with Crippen LogP contribution < -0.4 is 10.1 Å². The Morgan fingerprint density at radius 3 is 2.81 bits per heavy atom. The van der Waals surface area contributed by atoms with Gasteiger partial charge in [0.2, 0.25) is 5.44 Å². The largest absolute Gasteiger partial charge is 0.493 e. The van der Waals surface area contributed by atoms with Gasteiger partial charge in [-0.3, -0.25) is 0 Å². The molecule has 1 atom stereocenters. The quantitative estimate of drug-likeness (QED) is 0.477. The van der Waals surface area contributed by atoms with Crippen molar-refractivity contribution in [3.8, 4) is 5.75 Å². The third-order valence-corrected chi connectivity index (χ3v) is 7.54. The van der Waals surface area contributed by atoms with E-state index in [9.17, 15) is 8.42 Å². The molecule has 0 amide bonds. The molecule has 1 unspecified atom stereocenters. The number of thioether (sulfide) groups is 1. The first-order valence-corrected chi connectivity index (χ1v) is 12.1. The Morgan fingerprint density at radius 2 is 2.03 bits per heavy atom. The molecule has 0 spiro atoms. The molecular formula is C21H20N4O4S2. The third-order valence-electron chi connectivity index (χ3n) is 4.79. The minimum Gasteiger partial charge on any atom is -0.493 e. The first-order chi connectivity index (χ1) is 14.9. The van der Waals surface area contributed by atoms with E-state index in [2.05, 4.69) is 15.5 Å². The molecule has 160 valence electrons. The van der Waals surface area contributed by atoms with Gasteiger partial charge in [0, 0.05) is 11.6 Å². The normalized spacial score (nSPS) is 18.5. The zero-order valence-corrected chi connectivity index (χ0v) is 18.5. The van der Waals surface area contributed by atoms with E-state index in [0.29, 0.717) is 40.5 Å². The van der Waals surface area contributed by atoms with Crippen LogP contribution in [-0.4, -0.2) is 29.0 Å². The van der Waals surface area contributed by atoms with Crippen LogP contribution in [0.5, 0.6) is 5.75 Å². The van der Waals surface area contributed by atoms with Crippen LogP contribution >= 0.6 is 11.8 Å². The Balaban J connectivity index is 1.44. The van der Waals surface area contributed by atoms with E-state index in [1.165, 1.54) is 18.1 Å². The number of ether oxygens (including phenoxy) is 1. The number of anilines is 2. The monoisotopic (exact) mass is 456 g/mol. The Morgan fingerprint density at radius 1 is 1.23 bits per heavy atom. The standard InChI is InChI=1S/C21H20N4O4S2/c1-13(2)11-28-15-8-9-16-17(10-15)31(26,27)25-12-22-18(19(25)23-16)20-24-29-21(30-20)14-6-4-3-5-7-14/h3-10,12-13,21,23H,11H2,1-2H3. The number of rotatable bonds is 5. The molecule has 1 aromatic heterocycles. The summed E-state index contributed by atoms with van der Waals surface area (Å²) in [6.07, 6.45) is 1.29. The third kappa shape index (κ3) is 3.55. The molecule has 8 nitrogen and oxygen atoms in total. The van der Waals surface area contributed by atoms with Crippen molar-refractivity contribution in [2.75, 3.05) is 11.9 Å². The summed E-state index contributed by atoms with van der Waals surface area (Å²) in [4.78, 5) is 10.0. The van der Waals surface area contributed by atoms with Gasteiger partial charge in [-0.05, 0) is 29.8 Å².